The molecule has 4 nitrogen and oxygen atoms in total. The Labute approximate surface area is 646 Å². The van der Waals surface area contributed by atoms with E-state index in [4.69, 9.17) is 24.5 Å². The average Bonchev–Trinajstić information content (AvgIpc) is 1.58. The lowest BCUT2D eigenvalue weighted by atomic mass is 9.95. The number of furan rings is 4. The van der Waals surface area contributed by atoms with Gasteiger partial charge in [-0.1, -0.05) is 309 Å². The van der Waals surface area contributed by atoms with Gasteiger partial charge in [-0.05, 0) is 185 Å². The van der Waals surface area contributed by atoms with Gasteiger partial charge in [-0.15, -0.1) is 0 Å². The first-order valence-electron chi connectivity index (χ1n) is 37.8. The molecule has 23 rings (SSSR count). The molecule has 0 aliphatic heterocycles. The van der Waals surface area contributed by atoms with Crippen molar-refractivity contribution in [3.63, 3.8) is 0 Å². The predicted octanol–water partition coefficient (Wildman–Crippen LogP) is 31.4. The number of para-hydroxylation sites is 1. The Morgan fingerprint density at radius 2 is 0.645 bits per heavy atom. The molecule has 0 bridgehead atoms. The van der Waals surface area contributed by atoms with Crippen LogP contribution in [-0.2, 0) is 0 Å². The van der Waals surface area contributed by atoms with E-state index in [1.165, 1.54) is 81.9 Å². The molecular formula is C100H59Br3O4. The van der Waals surface area contributed by atoms with Crippen molar-refractivity contribution in [3.8, 4) is 44.5 Å². The molecule has 4 heterocycles. The molecule has 0 radical (unpaired) electrons. The van der Waals surface area contributed by atoms with Crippen molar-refractivity contribution in [1.82, 2.24) is 0 Å². The minimum Gasteiger partial charge on any atom is -0.456 e. The zero-order valence-electron chi connectivity index (χ0n) is 61.9. The van der Waals surface area contributed by atoms with Crippen molar-refractivity contribution in [2.45, 2.75) is 0 Å². The fourth-order valence-electron chi connectivity index (χ4n) is 15.5. The molecular weight excluding hydrogens is 1500 g/mol. The Hall–Kier alpha value is -12.4. The third-order valence-electron chi connectivity index (χ3n) is 20.7. The smallest absolute Gasteiger partial charge is 0.143 e. The van der Waals surface area contributed by atoms with Crippen molar-refractivity contribution in [2.24, 2.45) is 0 Å². The van der Waals surface area contributed by atoms with Gasteiger partial charge in [0.05, 0.1) is 6.85 Å². The summed E-state index contributed by atoms with van der Waals surface area (Å²) in [4.78, 5) is 0. The van der Waals surface area contributed by atoms with Gasteiger partial charge in [0.2, 0.25) is 0 Å². The summed E-state index contributed by atoms with van der Waals surface area (Å²) in [6.45, 7) is 0. The fourth-order valence-corrected chi connectivity index (χ4v) is 16.6. The number of rotatable bonds is 4. The van der Waals surface area contributed by atoms with Gasteiger partial charge >= 0.3 is 0 Å². The Balaban J connectivity index is 0.0000000973. The molecule has 4 aromatic heterocycles. The second-order valence-electron chi connectivity index (χ2n) is 26.9. The van der Waals surface area contributed by atoms with E-state index in [1.54, 1.807) is 6.07 Å². The summed E-state index contributed by atoms with van der Waals surface area (Å²) in [5.74, 6) is 0. The molecule has 504 valence electrons. The van der Waals surface area contributed by atoms with E-state index in [-0.39, 0.29) is 35.8 Å². The molecule has 0 saturated heterocycles. The van der Waals surface area contributed by atoms with Gasteiger partial charge < -0.3 is 17.7 Å². The largest absolute Gasteiger partial charge is 0.456 e. The van der Waals surface area contributed by atoms with Crippen LogP contribution in [0, 0.1) is 0 Å². The van der Waals surface area contributed by atoms with Crippen LogP contribution in [0.2, 0.25) is 0 Å². The molecule has 0 unspecified atom stereocenters. The van der Waals surface area contributed by atoms with Gasteiger partial charge in [-0.25, -0.2) is 0 Å². The molecule has 107 heavy (non-hydrogen) atoms. The standard InChI is InChI=1S/3C26H15BrO.C22H14O/c27-23-12-6-5-11-20(23)22-15-17-8-2-4-10-19(17)26-24(22)21-14-13-16-7-1-3-9-18(16)25(21)28-26;27-18-12-9-17(10-13-18)23-15-24-22-14-11-16-5-1-2-6-19(16)25(22)28-26(24)21-8-4-3-7-20(21)23;27-20-11-7-16(8-12-20)19-6-5-18-10-14-23-22-13-9-17-3-1-2-4-21(17)25(22)28-26(23)24(18)15-19;1-2-6-15(7-3-1)16-10-11-17-14-22-20(13-18(17)12-16)19-8-4-5-9-21(19)23-22/h3*1-15H;1-14H/i;;;1D,2D,3D,6D,7D. The normalized spacial score (nSPS) is 12.3. The second kappa shape index (κ2) is 26.7. The maximum Gasteiger partial charge on any atom is 0.143 e. The van der Waals surface area contributed by atoms with Crippen LogP contribution in [0.25, 0.3) is 208 Å². The number of fused-ring (bicyclic) bond motifs is 25. The summed E-state index contributed by atoms with van der Waals surface area (Å²) in [6, 6.07) is 112. The molecule has 0 aliphatic rings. The predicted molar refractivity (Wildman–Crippen MR) is 462 cm³/mol. The number of hydrogen-bond acceptors (Lipinski definition) is 4. The summed E-state index contributed by atoms with van der Waals surface area (Å²) < 4.78 is 68.7. The van der Waals surface area contributed by atoms with E-state index >= 15 is 0 Å². The van der Waals surface area contributed by atoms with Gasteiger partial charge in [0.15, 0.2) is 0 Å². The fraction of sp³-hybridized carbons (Fsp3) is 0. The van der Waals surface area contributed by atoms with Gasteiger partial charge in [0, 0.05) is 88.8 Å². The average molecular weight is 1570 g/mol. The highest BCUT2D eigenvalue weighted by molar-refractivity contribution is 9.11. The molecule has 19 aromatic carbocycles. The summed E-state index contributed by atoms with van der Waals surface area (Å²) in [6.07, 6.45) is 0. The molecule has 23 aromatic rings. The van der Waals surface area contributed by atoms with Crippen molar-refractivity contribution in [1.29, 1.82) is 0 Å². The Morgan fingerprint density at radius 3 is 1.28 bits per heavy atom. The van der Waals surface area contributed by atoms with E-state index in [9.17, 15) is 0 Å². The SMILES string of the molecule is Brc1ccc(-c2cc3c4ccc5ccccc5c4oc3c3ccccc23)cc1.Brc1ccc(-c2ccc3ccc4c5ccc6ccccc6c5oc4c3c2)cc1.Brc1ccccc1-c1cc2ccccc2c2oc3c4ccccc4ccc3c12.[2H]c1c([2H])c([2H])c(-c2ccc3cc4oc5ccccc5c4cc3c2)c([2H])c1[2H]. The van der Waals surface area contributed by atoms with Crippen LogP contribution in [0.4, 0.5) is 0 Å². The van der Waals surface area contributed by atoms with Crippen LogP contribution >= 0.6 is 47.8 Å². The molecule has 0 fully saturated rings. The van der Waals surface area contributed by atoms with E-state index < -0.39 is 0 Å². The van der Waals surface area contributed by atoms with Crippen LogP contribution in [0.1, 0.15) is 6.85 Å². The van der Waals surface area contributed by atoms with Crippen molar-refractivity contribution < 1.29 is 24.5 Å². The van der Waals surface area contributed by atoms with Crippen LogP contribution < -0.4 is 0 Å². The molecule has 0 N–H and O–H groups in total. The monoisotopic (exact) mass is 1570 g/mol. The second-order valence-corrected chi connectivity index (χ2v) is 29.6. The molecule has 7 heteroatoms. The summed E-state index contributed by atoms with van der Waals surface area (Å²) in [5, 5.41) is 25.0. The maximum atomic E-state index is 8.21. The van der Waals surface area contributed by atoms with Crippen LogP contribution in [0.3, 0.4) is 0 Å². The Kier molecular flexibility index (Phi) is 14.7. The first-order valence-corrected chi connectivity index (χ1v) is 37.7. The van der Waals surface area contributed by atoms with Gasteiger partial charge in [-0.3, -0.25) is 0 Å². The summed E-state index contributed by atoms with van der Waals surface area (Å²) >= 11 is 10.8. The number of halogens is 3. The molecule has 0 atom stereocenters. The van der Waals surface area contributed by atoms with Crippen molar-refractivity contribution in [3.05, 3.63) is 371 Å². The lowest BCUT2D eigenvalue weighted by Gasteiger charge is -2.09. The number of hydrogen-bond donors (Lipinski definition) is 0. The minimum atomic E-state index is -0.383. The zero-order chi connectivity index (χ0) is 75.6. The van der Waals surface area contributed by atoms with Crippen LogP contribution in [0.5, 0.6) is 0 Å². The maximum absolute atomic E-state index is 8.21. The quantitative estimate of drug-likeness (QED) is 0.176. The minimum absolute atomic E-state index is 0.194. The van der Waals surface area contributed by atoms with Gasteiger partial charge in [-0.2, -0.15) is 0 Å². The Bertz CT molecular complexity index is 7780. The highest BCUT2D eigenvalue weighted by Gasteiger charge is 2.21. The lowest BCUT2D eigenvalue weighted by Crippen LogP contribution is -1.84. The van der Waals surface area contributed by atoms with Crippen molar-refractivity contribution in [2.75, 3.05) is 0 Å². The third-order valence-corrected chi connectivity index (χ3v) is 22.4. The zero-order valence-corrected chi connectivity index (χ0v) is 61.7. The first-order chi connectivity index (χ1) is 54.8. The topological polar surface area (TPSA) is 52.6 Å². The van der Waals surface area contributed by atoms with Crippen LogP contribution in [-0.4, -0.2) is 0 Å². The highest BCUT2D eigenvalue weighted by atomic mass is 79.9. The Morgan fingerprint density at radius 1 is 0.206 bits per heavy atom. The highest BCUT2D eigenvalue weighted by Crippen LogP contribution is 2.47. The van der Waals surface area contributed by atoms with Crippen molar-refractivity contribution >= 4 is 211 Å². The third kappa shape index (κ3) is 11.4. The van der Waals surface area contributed by atoms with E-state index in [2.05, 4.69) is 315 Å². The molecule has 0 saturated carbocycles. The van der Waals surface area contributed by atoms with Crippen LogP contribution in [0.15, 0.2) is 389 Å². The van der Waals surface area contributed by atoms with E-state index in [0.29, 0.717) is 5.56 Å². The molecule has 0 spiro atoms. The van der Waals surface area contributed by atoms with E-state index in [0.717, 1.165) is 128 Å². The lowest BCUT2D eigenvalue weighted by molar-refractivity contribution is 0.669. The van der Waals surface area contributed by atoms with E-state index in [1.807, 2.05) is 54.6 Å². The summed E-state index contributed by atoms with van der Waals surface area (Å²) in [5.41, 5.74) is 15.4. The molecule has 0 aliphatic carbocycles. The van der Waals surface area contributed by atoms with Gasteiger partial charge in [0.25, 0.3) is 0 Å². The summed E-state index contributed by atoms with van der Waals surface area (Å²) in [7, 11) is 0. The number of benzene rings is 19. The van der Waals surface area contributed by atoms with Gasteiger partial charge in [0.1, 0.15) is 44.7 Å². The molecule has 0 amide bonds. The first kappa shape index (κ1) is 59.0.